The minimum atomic E-state index is -0.0337. The molecule has 3 aromatic heterocycles. The summed E-state index contributed by atoms with van der Waals surface area (Å²) in [4.78, 5) is 9.92. The van der Waals surface area contributed by atoms with Gasteiger partial charge in [-0.3, -0.25) is 0 Å². The molecule has 0 amide bonds. The van der Waals surface area contributed by atoms with Crippen LogP contribution in [0.4, 0.5) is 22.7 Å². The number of anilines is 4. The summed E-state index contributed by atoms with van der Waals surface area (Å²) < 4.78 is 9.33. The van der Waals surface area contributed by atoms with Crippen LogP contribution in [-0.2, 0) is 26.5 Å². The Hall–Kier alpha value is -8.76. The first-order valence-electron chi connectivity index (χ1n) is 25.7. The monoisotopic (exact) mass is 1150 g/mol. The first-order chi connectivity index (χ1) is 36.9. The van der Waals surface area contributed by atoms with Gasteiger partial charge in [0.1, 0.15) is 5.65 Å². The van der Waals surface area contributed by atoms with E-state index in [1.54, 1.807) is 0 Å². The Morgan fingerprint density at radius 3 is 1.72 bits per heavy atom. The van der Waals surface area contributed by atoms with Crippen molar-refractivity contribution in [3.8, 4) is 56.0 Å². The largest absolute Gasteiger partial charge is 0.509 e. The predicted molar refractivity (Wildman–Crippen MR) is 311 cm³/mol. The van der Waals surface area contributed by atoms with Crippen molar-refractivity contribution >= 4 is 82.5 Å². The Morgan fingerprint density at radius 1 is 0.434 bits per heavy atom. The van der Waals surface area contributed by atoms with Gasteiger partial charge in [-0.1, -0.05) is 207 Å². The van der Waals surface area contributed by atoms with E-state index in [4.69, 9.17) is 9.72 Å². The predicted octanol–water partition coefficient (Wildman–Crippen LogP) is 18.7. The molecule has 13 aromatic rings. The number of benzene rings is 10. The standard InChI is InChI=1S/C70H47N4O.Pt/c1-70(2,3)46-33-36-55-61-31-17-39-71-69(61)74-65-42-48(35-38-57(65)60-29-15-28-58(67(60)74)53-24-12-13-25-54(53)62(55)40-46)75-47-34-37-56-51-22-10-11-23-52(51)59-30-16-32-63-68(59)73(64(56)41-47)43-72(63)66-49(44-18-6-4-7-19-44)26-14-27-50(66)45-20-8-5-9-21-45;/h4-40,43H,1-3H3;/q-3;. The molecule has 0 unspecified atom stereocenters. The molecule has 0 fully saturated rings. The van der Waals surface area contributed by atoms with Gasteiger partial charge >= 0.3 is 0 Å². The van der Waals surface area contributed by atoms with Gasteiger partial charge in [0, 0.05) is 88.8 Å². The van der Waals surface area contributed by atoms with E-state index in [2.05, 4.69) is 254 Å². The molecule has 0 saturated heterocycles. The summed E-state index contributed by atoms with van der Waals surface area (Å²) in [5, 5.41) is 9.08. The molecule has 2 aliphatic heterocycles. The van der Waals surface area contributed by atoms with Crippen molar-refractivity contribution in [2.75, 3.05) is 9.80 Å². The minimum Gasteiger partial charge on any atom is -0.509 e. The summed E-state index contributed by atoms with van der Waals surface area (Å²) in [5.74, 6) is 1.17. The van der Waals surface area contributed by atoms with E-state index < -0.39 is 0 Å². The second-order valence-electron chi connectivity index (χ2n) is 20.7. The molecule has 0 bridgehead atoms. The average molecular weight is 1160 g/mol. The Kier molecular flexibility index (Phi) is 10.7. The number of nitrogens with zero attached hydrogens (tertiary/aromatic N) is 4. The van der Waals surface area contributed by atoms with Crippen molar-refractivity contribution in [2.24, 2.45) is 0 Å². The van der Waals surface area contributed by atoms with E-state index in [-0.39, 0.29) is 26.5 Å². The van der Waals surface area contributed by atoms with Gasteiger partial charge in [0.25, 0.3) is 0 Å². The molecule has 15 rings (SSSR count). The number of para-hydroxylation sites is 3. The Morgan fingerprint density at radius 2 is 0.987 bits per heavy atom. The van der Waals surface area contributed by atoms with E-state index in [0.29, 0.717) is 11.5 Å². The Balaban J connectivity index is 0.00000528. The first kappa shape index (κ1) is 45.8. The van der Waals surface area contributed by atoms with Crippen LogP contribution in [0.1, 0.15) is 26.3 Å². The SMILES string of the molecule is CC(C)(C)c1ccc2c(c1)c1ccccc1c1cccc3c4ccc(Oc5[c-]c6c(cc5)-c5ccccc5-c5cccc7c5N6[CH-]N7c5c(-c6ccccc6)cccc5-c5ccccc5)[c-]c4n(c4ncccc24)c13.[Pt]. The Bertz CT molecular complexity index is 4480. The molecule has 0 aliphatic carbocycles. The van der Waals surface area contributed by atoms with Crippen LogP contribution in [0, 0.1) is 18.8 Å². The molecule has 0 radical (unpaired) electrons. The van der Waals surface area contributed by atoms with Gasteiger partial charge < -0.3 is 18.9 Å². The number of fused-ring (bicyclic) bond motifs is 15. The topological polar surface area (TPSA) is 33.0 Å². The van der Waals surface area contributed by atoms with Crippen LogP contribution >= 0.6 is 0 Å². The molecule has 10 aromatic carbocycles. The maximum absolute atomic E-state index is 7.02. The van der Waals surface area contributed by atoms with Crippen LogP contribution in [0.15, 0.2) is 225 Å². The molecule has 0 atom stereocenters. The maximum atomic E-state index is 7.02. The third-order valence-electron chi connectivity index (χ3n) is 15.4. The van der Waals surface area contributed by atoms with Gasteiger partial charge in [0.2, 0.25) is 0 Å². The number of pyridine rings is 1. The number of ether oxygens (including phenoxy) is 1. The first-order valence-corrected chi connectivity index (χ1v) is 25.7. The zero-order valence-electron chi connectivity index (χ0n) is 42.0. The molecule has 2 aliphatic rings. The fourth-order valence-electron chi connectivity index (χ4n) is 12.0. The van der Waals surface area contributed by atoms with Crippen LogP contribution in [0.25, 0.3) is 104 Å². The van der Waals surface area contributed by atoms with Gasteiger partial charge in [-0.15, -0.1) is 41.9 Å². The molecular weight excluding hydrogens is 1110 g/mol. The smallest absolute Gasteiger partial charge is 0.143 e. The second kappa shape index (κ2) is 17.7. The fourth-order valence-corrected chi connectivity index (χ4v) is 12.0. The Labute approximate surface area is 455 Å². The summed E-state index contributed by atoms with van der Waals surface area (Å²) in [6.45, 7) is 9.09. The minimum absolute atomic E-state index is 0. The number of rotatable bonds is 5. The molecule has 0 spiro atoms. The van der Waals surface area contributed by atoms with Crippen molar-refractivity contribution in [2.45, 2.75) is 26.2 Å². The van der Waals surface area contributed by atoms with E-state index in [1.807, 2.05) is 24.4 Å². The number of hydrogen-bond donors (Lipinski definition) is 0. The number of aromatic nitrogens is 2. The molecule has 0 N–H and O–H groups in total. The molecule has 0 saturated carbocycles. The van der Waals surface area contributed by atoms with Gasteiger partial charge in [0.05, 0.1) is 0 Å². The zero-order chi connectivity index (χ0) is 49.9. The molecule has 366 valence electrons. The fraction of sp³-hybridized carbons (Fsp3) is 0.0571. The van der Waals surface area contributed by atoms with E-state index in [9.17, 15) is 0 Å². The molecule has 5 nitrogen and oxygen atoms in total. The van der Waals surface area contributed by atoms with Gasteiger partial charge in [-0.05, 0) is 78.9 Å². The molecule has 6 heteroatoms. The van der Waals surface area contributed by atoms with Gasteiger partial charge in [0.15, 0.2) is 0 Å². The van der Waals surface area contributed by atoms with E-state index in [0.717, 1.165) is 105 Å². The second-order valence-corrected chi connectivity index (χ2v) is 20.7. The zero-order valence-corrected chi connectivity index (χ0v) is 44.2. The van der Waals surface area contributed by atoms with Crippen LogP contribution in [0.5, 0.6) is 11.5 Å². The van der Waals surface area contributed by atoms with Crippen LogP contribution in [0.2, 0.25) is 0 Å². The molecular formula is C70H47N4OPt-3. The van der Waals surface area contributed by atoms with Gasteiger partial charge in [-0.2, -0.15) is 12.1 Å². The van der Waals surface area contributed by atoms with E-state index in [1.165, 1.54) is 27.3 Å². The summed E-state index contributed by atoms with van der Waals surface area (Å²) in [5.41, 5.74) is 17.3. The normalized spacial score (nSPS) is 12.7. The van der Waals surface area contributed by atoms with Crippen LogP contribution < -0.4 is 14.5 Å². The van der Waals surface area contributed by atoms with Crippen molar-refractivity contribution < 1.29 is 25.8 Å². The summed E-state index contributed by atoms with van der Waals surface area (Å²) >= 11 is 0. The van der Waals surface area contributed by atoms with Crippen molar-refractivity contribution in [1.82, 2.24) is 9.38 Å². The van der Waals surface area contributed by atoms with Crippen molar-refractivity contribution in [1.29, 1.82) is 0 Å². The third-order valence-corrected chi connectivity index (χ3v) is 15.4. The summed E-state index contributed by atoms with van der Waals surface area (Å²) in [7, 11) is 0. The van der Waals surface area contributed by atoms with Crippen molar-refractivity contribution in [3.05, 3.63) is 249 Å². The molecule has 5 heterocycles. The van der Waals surface area contributed by atoms with Crippen LogP contribution in [0.3, 0.4) is 0 Å². The average Bonchev–Trinajstić information content (AvgIpc) is 4.12. The summed E-state index contributed by atoms with van der Waals surface area (Å²) in [6.07, 6.45) is 1.90. The quantitative estimate of drug-likeness (QED) is 0.161. The van der Waals surface area contributed by atoms with Gasteiger partial charge in [-0.25, -0.2) is 4.98 Å². The maximum Gasteiger partial charge on any atom is 0.143 e. The number of hydrogen-bond acceptors (Lipinski definition) is 4. The third kappa shape index (κ3) is 7.06. The van der Waals surface area contributed by atoms with Crippen LogP contribution in [-0.4, -0.2) is 9.38 Å². The van der Waals surface area contributed by atoms with Crippen molar-refractivity contribution in [3.63, 3.8) is 0 Å². The summed E-state index contributed by atoms with van der Waals surface area (Å²) in [6, 6.07) is 86.2. The van der Waals surface area contributed by atoms with E-state index >= 15 is 0 Å². The molecule has 76 heavy (non-hydrogen) atoms.